The second-order valence-corrected chi connectivity index (χ2v) is 6.50. The van der Waals surface area contributed by atoms with Gasteiger partial charge in [0.25, 0.3) is 0 Å². The van der Waals surface area contributed by atoms with E-state index in [2.05, 4.69) is 28.3 Å². The number of thiophene rings is 1. The zero-order chi connectivity index (χ0) is 13.2. The molecule has 2 unspecified atom stereocenters. The van der Waals surface area contributed by atoms with Gasteiger partial charge in [0, 0.05) is 6.04 Å². The normalized spacial score (nSPS) is 23.7. The van der Waals surface area contributed by atoms with Crippen molar-refractivity contribution in [3.63, 3.8) is 0 Å². The van der Waals surface area contributed by atoms with Crippen LogP contribution in [0.1, 0.15) is 39.0 Å². The molecule has 19 heavy (non-hydrogen) atoms. The molecule has 2 atom stereocenters. The Morgan fingerprint density at radius 3 is 3.16 bits per heavy atom. The molecule has 3 nitrogen and oxygen atoms in total. The van der Waals surface area contributed by atoms with E-state index in [1.165, 1.54) is 32.1 Å². The Kier molecular flexibility index (Phi) is 3.89. The van der Waals surface area contributed by atoms with Crippen LogP contribution in [0.25, 0.3) is 10.2 Å². The number of nitrogens with zero attached hydrogens (tertiary/aromatic N) is 2. The van der Waals surface area contributed by atoms with Crippen molar-refractivity contribution >= 4 is 39.0 Å². The van der Waals surface area contributed by atoms with Crippen molar-refractivity contribution < 1.29 is 0 Å². The zero-order valence-corrected chi connectivity index (χ0v) is 12.6. The number of nitrogens with one attached hydrogen (secondary N) is 1. The first-order valence-corrected chi connectivity index (χ1v) is 8.19. The molecule has 0 spiro atoms. The highest BCUT2D eigenvalue weighted by molar-refractivity contribution is 7.16. The number of hydrogen-bond acceptors (Lipinski definition) is 4. The summed E-state index contributed by atoms with van der Waals surface area (Å²) in [6.07, 6.45) is 6.42. The summed E-state index contributed by atoms with van der Waals surface area (Å²) in [5.41, 5.74) is 0. The summed E-state index contributed by atoms with van der Waals surface area (Å²) in [7, 11) is 0. The molecule has 0 aromatic carbocycles. The first kappa shape index (κ1) is 13.1. The number of rotatable bonds is 3. The Morgan fingerprint density at radius 1 is 1.42 bits per heavy atom. The number of fused-ring (bicyclic) bond motifs is 1. The number of halogens is 1. The summed E-state index contributed by atoms with van der Waals surface area (Å²) in [4.78, 5) is 9.59. The number of anilines is 1. The fraction of sp³-hybridized carbons (Fsp3) is 0.571. The Labute approximate surface area is 122 Å². The molecule has 1 saturated carbocycles. The smallest absolute Gasteiger partial charge is 0.225 e. The maximum absolute atomic E-state index is 6.00. The standard InChI is InChI=1S/C14H18ClN3S/c1-2-9-4-3-5-10(8-9)16-12-11-6-7-19-13(11)18-14(15)17-12/h6-7,9-10H,2-5,8H2,1H3,(H,16,17,18). The molecule has 1 fully saturated rings. The van der Waals surface area contributed by atoms with E-state index in [-0.39, 0.29) is 0 Å². The van der Waals surface area contributed by atoms with Crippen LogP contribution in [0.3, 0.4) is 0 Å². The minimum absolute atomic E-state index is 0.334. The molecule has 0 amide bonds. The van der Waals surface area contributed by atoms with Crippen molar-refractivity contribution in [3.05, 3.63) is 16.7 Å². The van der Waals surface area contributed by atoms with Gasteiger partial charge >= 0.3 is 0 Å². The largest absolute Gasteiger partial charge is 0.367 e. The van der Waals surface area contributed by atoms with Gasteiger partial charge in [-0.3, -0.25) is 0 Å². The molecule has 3 rings (SSSR count). The zero-order valence-electron chi connectivity index (χ0n) is 11.0. The van der Waals surface area contributed by atoms with Crippen molar-refractivity contribution in [3.8, 4) is 0 Å². The predicted octanol–water partition coefficient (Wildman–Crippen LogP) is 4.73. The average molecular weight is 296 g/mol. The third-order valence-corrected chi connectivity index (χ3v) is 4.97. The Hall–Kier alpha value is -0.870. The van der Waals surface area contributed by atoms with E-state index >= 15 is 0 Å². The summed E-state index contributed by atoms with van der Waals surface area (Å²) in [5, 5.41) is 7.05. The van der Waals surface area contributed by atoms with Crippen molar-refractivity contribution in [2.45, 2.75) is 45.1 Å². The minimum Gasteiger partial charge on any atom is -0.367 e. The molecule has 2 aromatic heterocycles. The summed E-state index contributed by atoms with van der Waals surface area (Å²) in [5.74, 6) is 1.75. The van der Waals surface area contributed by atoms with Crippen molar-refractivity contribution in [1.82, 2.24) is 9.97 Å². The van der Waals surface area contributed by atoms with Gasteiger partial charge in [0.1, 0.15) is 10.6 Å². The second kappa shape index (κ2) is 5.63. The molecule has 0 saturated heterocycles. The van der Waals surface area contributed by atoms with E-state index in [1.54, 1.807) is 11.3 Å². The molecule has 5 heteroatoms. The van der Waals surface area contributed by atoms with Crippen LogP contribution in [-0.4, -0.2) is 16.0 Å². The molecule has 0 radical (unpaired) electrons. The lowest BCUT2D eigenvalue weighted by Crippen LogP contribution is -2.27. The van der Waals surface area contributed by atoms with Gasteiger partial charge in [-0.15, -0.1) is 11.3 Å². The van der Waals surface area contributed by atoms with Gasteiger partial charge in [-0.1, -0.05) is 26.2 Å². The first-order chi connectivity index (χ1) is 9.26. The van der Waals surface area contributed by atoms with Crippen molar-refractivity contribution in [2.75, 3.05) is 5.32 Å². The lowest BCUT2D eigenvalue weighted by atomic mass is 9.84. The lowest BCUT2D eigenvalue weighted by molar-refractivity contribution is 0.327. The van der Waals surface area contributed by atoms with Gasteiger partial charge in [-0.05, 0) is 41.8 Å². The van der Waals surface area contributed by atoms with E-state index in [0.29, 0.717) is 11.3 Å². The van der Waals surface area contributed by atoms with Crippen LogP contribution in [-0.2, 0) is 0 Å². The maximum Gasteiger partial charge on any atom is 0.225 e. The van der Waals surface area contributed by atoms with Gasteiger partial charge in [0.05, 0.1) is 5.39 Å². The van der Waals surface area contributed by atoms with Crippen LogP contribution in [0.15, 0.2) is 11.4 Å². The summed E-state index contributed by atoms with van der Waals surface area (Å²) in [6, 6.07) is 2.59. The molecule has 102 valence electrons. The van der Waals surface area contributed by atoms with Crippen LogP contribution in [0.2, 0.25) is 5.28 Å². The van der Waals surface area contributed by atoms with Crippen LogP contribution in [0.5, 0.6) is 0 Å². The average Bonchev–Trinajstić information content (AvgIpc) is 2.87. The monoisotopic (exact) mass is 295 g/mol. The maximum atomic E-state index is 6.00. The molecule has 1 aliphatic rings. The van der Waals surface area contributed by atoms with E-state index in [0.717, 1.165) is 22.0 Å². The first-order valence-electron chi connectivity index (χ1n) is 6.93. The SMILES string of the molecule is CCC1CCCC(Nc2nc(Cl)nc3sccc23)C1. The molecule has 1 N–H and O–H groups in total. The fourth-order valence-electron chi connectivity index (χ4n) is 2.93. The highest BCUT2D eigenvalue weighted by Gasteiger charge is 2.21. The molecule has 1 aliphatic carbocycles. The summed E-state index contributed by atoms with van der Waals surface area (Å²) in [6.45, 7) is 2.28. The van der Waals surface area contributed by atoms with Gasteiger partial charge in [0.15, 0.2) is 0 Å². The van der Waals surface area contributed by atoms with Crippen LogP contribution in [0, 0.1) is 5.92 Å². The molecular formula is C14H18ClN3S. The van der Waals surface area contributed by atoms with Crippen LogP contribution in [0.4, 0.5) is 5.82 Å². The van der Waals surface area contributed by atoms with E-state index in [9.17, 15) is 0 Å². The second-order valence-electron chi connectivity index (χ2n) is 5.26. The Morgan fingerprint density at radius 2 is 2.32 bits per heavy atom. The molecular weight excluding hydrogens is 278 g/mol. The van der Waals surface area contributed by atoms with Crippen LogP contribution < -0.4 is 5.32 Å². The minimum atomic E-state index is 0.334. The molecule has 0 aliphatic heterocycles. The predicted molar refractivity (Wildman–Crippen MR) is 82.1 cm³/mol. The van der Waals surface area contributed by atoms with Crippen molar-refractivity contribution in [2.24, 2.45) is 5.92 Å². The highest BCUT2D eigenvalue weighted by Crippen LogP contribution is 2.31. The topological polar surface area (TPSA) is 37.8 Å². The van der Waals surface area contributed by atoms with Crippen molar-refractivity contribution in [1.29, 1.82) is 0 Å². The van der Waals surface area contributed by atoms with Crippen LogP contribution >= 0.6 is 22.9 Å². The van der Waals surface area contributed by atoms with Gasteiger partial charge in [-0.2, -0.15) is 0 Å². The lowest BCUT2D eigenvalue weighted by Gasteiger charge is -2.29. The Balaban J connectivity index is 1.82. The van der Waals surface area contributed by atoms with Gasteiger partial charge < -0.3 is 5.32 Å². The molecule has 2 aromatic rings. The number of aromatic nitrogens is 2. The fourth-order valence-corrected chi connectivity index (χ4v) is 3.91. The van der Waals surface area contributed by atoms with E-state index in [4.69, 9.17) is 11.6 Å². The summed E-state index contributed by atoms with van der Waals surface area (Å²) >= 11 is 7.61. The Bertz CT molecular complexity index is 569. The third-order valence-electron chi connectivity index (χ3n) is 4.00. The van der Waals surface area contributed by atoms with E-state index < -0.39 is 0 Å². The summed E-state index contributed by atoms with van der Waals surface area (Å²) < 4.78 is 0. The van der Waals surface area contributed by atoms with E-state index in [1.807, 2.05) is 5.38 Å². The number of hydrogen-bond donors (Lipinski definition) is 1. The molecule has 2 heterocycles. The van der Waals surface area contributed by atoms with Gasteiger partial charge in [0.2, 0.25) is 5.28 Å². The highest BCUT2D eigenvalue weighted by atomic mass is 35.5. The molecule has 0 bridgehead atoms. The third kappa shape index (κ3) is 2.84. The quantitative estimate of drug-likeness (QED) is 0.832. The van der Waals surface area contributed by atoms with Gasteiger partial charge in [-0.25, -0.2) is 9.97 Å².